The minimum Gasteiger partial charge on any atom is -0.222 e. The summed E-state index contributed by atoms with van der Waals surface area (Å²) in [4.78, 5) is 1.99. The van der Waals surface area contributed by atoms with Crippen LogP contribution in [0.4, 0.5) is 0 Å². The monoisotopic (exact) mass is 391 g/mol. The summed E-state index contributed by atoms with van der Waals surface area (Å²) in [5, 5.41) is 4.81. The van der Waals surface area contributed by atoms with Gasteiger partial charge in [-0.05, 0) is 44.6 Å². The molecule has 1 aromatic heterocycles. The Labute approximate surface area is 160 Å². The molecule has 8 heteroatoms. The van der Waals surface area contributed by atoms with E-state index in [0.29, 0.717) is 6.04 Å². The molecule has 0 N–H and O–H groups in total. The van der Waals surface area contributed by atoms with Crippen LogP contribution in [0.2, 0.25) is 0 Å². The normalized spacial score (nSPS) is 11.3. The Kier molecular flexibility index (Phi) is 6.69. The lowest BCUT2D eigenvalue weighted by atomic mass is 10.1. The molecule has 3 rings (SSSR count). The molecule has 3 aromatic rings. The van der Waals surface area contributed by atoms with Crippen LogP contribution < -0.4 is 23.3 Å². The van der Waals surface area contributed by atoms with Crippen LogP contribution in [0, 0.1) is 24.1 Å². The first-order valence-electron chi connectivity index (χ1n) is 8.32. The fourth-order valence-electron chi connectivity index (χ4n) is 2.45. The van der Waals surface area contributed by atoms with Crippen LogP contribution >= 0.6 is 0 Å². The van der Waals surface area contributed by atoms with Crippen LogP contribution in [0.3, 0.4) is 0 Å². The molecule has 0 amide bonds. The van der Waals surface area contributed by atoms with E-state index in [1.165, 1.54) is 11.1 Å². The summed E-state index contributed by atoms with van der Waals surface area (Å²) in [6, 6.07) is 17.3. The van der Waals surface area contributed by atoms with Crippen molar-refractivity contribution >= 4 is 0 Å². The number of halogens is 1. The van der Waals surface area contributed by atoms with Gasteiger partial charge < -0.3 is 0 Å². The molecule has 0 saturated carbocycles. The molecule has 0 fully saturated rings. The molecule has 0 atom stereocenters. The fourth-order valence-corrected chi connectivity index (χ4v) is 2.45. The average Bonchev–Trinajstić information content (AvgIpc) is 3.00. The highest BCUT2D eigenvalue weighted by Crippen LogP contribution is 2.18. The van der Waals surface area contributed by atoms with E-state index in [9.17, 15) is 0 Å². The molecule has 0 aliphatic rings. The Hall–Kier alpha value is -2.29. The van der Waals surface area contributed by atoms with E-state index in [4.69, 9.17) is 23.7 Å². The Morgan fingerprint density at radius 3 is 1.74 bits per heavy atom. The summed E-state index contributed by atoms with van der Waals surface area (Å²) in [5.41, 5.74) is 5.74. The first-order valence-corrected chi connectivity index (χ1v) is 9.55. The van der Waals surface area contributed by atoms with Crippen molar-refractivity contribution < 1.29 is 33.6 Å². The largest absolute Gasteiger partial charge is 0.249 e. The highest BCUT2D eigenvalue weighted by molar-refractivity contribution is 5.57. The van der Waals surface area contributed by atoms with E-state index in [-0.39, 0.29) is 0 Å². The van der Waals surface area contributed by atoms with Crippen molar-refractivity contribution in [2.24, 2.45) is 0 Å². The molecule has 144 valence electrons. The number of aromatic nitrogens is 3. The van der Waals surface area contributed by atoms with Gasteiger partial charge in [0.05, 0.1) is 5.10 Å². The molecule has 0 aliphatic heterocycles. The van der Waals surface area contributed by atoms with Gasteiger partial charge in [0, 0.05) is 5.56 Å². The van der Waals surface area contributed by atoms with E-state index in [1.807, 2.05) is 4.80 Å². The summed E-state index contributed by atoms with van der Waals surface area (Å²) in [5.74, 6) is 0. The SMILES string of the molecule is Cc1ccc(-c2c[n+](C(C)C)n(-c3ccc(C)cc3)n2)cc1.[O-][Cl+3]([O-])([O-])[O-]. The van der Waals surface area contributed by atoms with Gasteiger partial charge in [0.2, 0.25) is 5.69 Å². The molecule has 0 unspecified atom stereocenters. The van der Waals surface area contributed by atoms with Crippen LogP contribution in [0.5, 0.6) is 0 Å². The molecule has 1 heterocycles. The molecular formula is C19H22ClN3O4. The predicted octanol–water partition coefficient (Wildman–Crippen LogP) is -0.731. The summed E-state index contributed by atoms with van der Waals surface area (Å²) in [7, 11) is -4.94. The van der Waals surface area contributed by atoms with E-state index < -0.39 is 10.2 Å². The number of rotatable bonds is 3. The second kappa shape index (κ2) is 8.60. The maximum Gasteiger partial charge on any atom is 0.249 e. The van der Waals surface area contributed by atoms with Gasteiger partial charge in [-0.3, -0.25) is 0 Å². The second-order valence-corrected chi connectivity index (χ2v) is 7.21. The Morgan fingerprint density at radius 2 is 1.30 bits per heavy atom. The maximum atomic E-state index is 8.49. The van der Waals surface area contributed by atoms with Crippen molar-refractivity contribution in [3.63, 3.8) is 0 Å². The number of aryl methyl sites for hydroxylation is 2. The lowest BCUT2D eigenvalue weighted by Crippen LogP contribution is -2.68. The Balaban J connectivity index is 0.000000465. The average molecular weight is 392 g/mol. The van der Waals surface area contributed by atoms with Crippen molar-refractivity contribution in [3.8, 4) is 16.9 Å². The molecular weight excluding hydrogens is 370 g/mol. The third-order valence-electron chi connectivity index (χ3n) is 3.82. The van der Waals surface area contributed by atoms with Crippen LogP contribution in [0.25, 0.3) is 16.9 Å². The maximum absolute atomic E-state index is 8.49. The molecule has 0 bridgehead atoms. The first-order chi connectivity index (χ1) is 12.5. The van der Waals surface area contributed by atoms with Gasteiger partial charge in [0.15, 0.2) is 6.20 Å². The van der Waals surface area contributed by atoms with Gasteiger partial charge in [0.25, 0.3) is 0 Å². The molecule has 0 radical (unpaired) electrons. The zero-order chi connectivity index (χ0) is 20.2. The quantitative estimate of drug-likeness (QED) is 0.546. The lowest BCUT2D eigenvalue weighted by Gasteiger charge is -2.17. The molecule has 0 spiro atoms. The number of hydrogen-bond acceptors (Lipinski definition) is 5. The highest BCUT2D eigenvalue weighted by atomic mass is 35.7. The van der Waals surface area contributed by atoms with Crippen LogP contribution in [-0.2, 0) is 0 Å². The zero-order valence-electron chi connectivity index (χ0n) is 15.6. The minimum atomic E-state index is -4.94. The predicted molar refractivity (Wildman–Crippen MR) is 89.1 cm³/mol. The van der Waals surface area contributed by atoms with Gasteiger partial charge in [-0.25, -0.2) is 18.6 Å². The fraction of sp³-hybridized carbons (Fsp3) is 0.263. The number of hydrogen-bond donors (Lipinski definition) is 0. The zero-order valence-corrected chi connectivity index (χ0v) is 16.4. The Bertz CT molecular complexity index is 863. The number of nitrogens with zero attached hydrogens (tertiary/aromatic N) is 3. The van der Waals surface area contributed by atoms with E-state index in [1.54, 1.807) is 0 Å². The molecule has 0 saturated heterocycles. The van der Waals surface area contributed by atoms with Crippen molar-refractivity contribution in [2.45, 2.75) is 33.7 Å². The van der Waals surface area contributed by atoms with E-state index in [2.05, 4.69) is 87.1 Å². The molecule has 7 nitrogen and oxygen atoms in total. The smallest absolute Gasteiger partial charge is 0.222 e. The standard InChI is InChI=1S/C19H22N3.ClHO4/c1-14(2)21-13-19(17-9-5-15(3)6-10-17)20-22(21)18-11-7-16(4)8-12-18;2-1(3,4)5/h5-14H,1-4H3;(H,2,3,4,5)/q+1;/p-1. The lowest BCUT2D eigenvalue weighted by molar-refractivity contribution is -2.00. The van der Waals surface area contributed by atoms with Crippen molar-refractivity contribution in [2.75, 3.05) is 0 Å². The molecule has 27 heavy (non-hydrogen) atoms. The van der Waals surface area contributed by atoms with Gasteiger partial charge in [0.1, 0.15) is 11.7 Å². The van der Waals surface area contributed by atoms with Crippen LogP contribution in [0.15, 0.2) is 54.7 Å². The van der Waals surface area contributed by atoms with Gasteiger partial charge in [-0.2, -0.15) is 4.68 Å². The van der Waals surface area contributed by atoms with Gasteiger partial charge in [-0.1, -0.05) is 47.5 Å². The third-order valence-corrected chi connectivity index (χ3v) is 3.82. The highest BCUT2D eigenvalue weighted by Gasteiger charge is 2.21. The number of benzene rings is 2. The Morgan fingerprint density at radius 1 is 0.852 bits per heavy atom. The van der Waals surface area contributed by atoms with Crippen molar-refractivity contribution in [3.05, 3.63) is 65.9 Å². The summed E-state index contributed by atoms with van der Waals surface area (Å²) >= 11 is 0. The topological polar surface area (TPSA) is 114 Å². The molecule has 0 aliphatic carbocycles. The first kappa shape index (κ1) is 21.0. The van der Waals surface area contributed by atoms with Crippen molar-refractivity contribution in [1.82, 2.24) is 9.90 Å². The van der Waals surface area contributed by atoms with Crippen molar-refractivity contribution in [1.29, 1.82) is 0 Å². The van der Waals surface area contributed by atoms with Crippen LogP contribution in [0.1, 0.15) is 31.0 Å². The van der Waals surface area contributed by atoms with E-state index in [0.717, 1.165) is 16.9 Å². The summed E-state index contributed by atoms with van der Waals surface area (Å²) < 4.78 is 36.1. The van der Waals surface area contributed by atoms with E-state index >= 15 is 0 Å². The van der Waals surface area contributed by atoms with Gasteiger partial charge >= 0.3 is 0 Å². The second-order valence-electron chi connectivity index (χ2n) is 6.46. The van der Waals surface area contributed by atoms with Crippen LogP contribution in [-0.4, -0.2) is 9.90 Å². The third kappa shape index (κ3) is 6.42. The van der Waals surface area contributed by atoms with Gasteiger partial charge in [-0.15, -0.1) is 10.2 Å². The minimum absolute atomic E-state index is 0.341. The summed E-state index contributed by atoms with van der Waals surface area (Å²) in [6.07, 6.45) is 2.12. The summed E-state index contributed by atoms with van der Waals surface area (Å²) in [6.45, 7) is 8.54. The molecule has 2 aromatic carbocycles.